The molecule has 0 bridgehead atoms. The Morgan fingerprint density at radius 2 is 1.89 bits per heavy atom. The van der Waals surface area contributed by atoms with Crippen molar-refractivity contribution in [2.24, 2.45) is 0 Å². The number of imidazole rings is 1. The summed E-state index contributed by atoms with van der Waals surface area (Å²) in [6.07, 6.45) is 7.54. The Labute approximate surface area is 111 Å². The van der Waals surface area contributed by atoms with Gasteiger partial charge in [-0.25, -0.2) is 13.8 Å². The number of hydrogen-bond acceptors (Lipinski definition) is 2. The number of aromatic nitrogens is 2. The van der Waals surface area contributed by atoms with Gasteiger partial charge in [-0.15, -0.1) is 0 Å². The number of halogens is 2. The zero-order chi connectivity index (χ0) is 13.5. The van der Waals surface area contributed by atoms with E-state index >= 15 is 0 Å². The second kappa shape index (κ2) is 6.99. The van der Waals surface area contributed by atoms with Crippen LogP contribution in [-0.2, 0) is 13.1 Å². The largest absolute Gasteiger partial charge is 0.337 e. The number of nitrogens with zero attached hydrogens (tertiary/aromatic N) is 2. The molecule has 0 fully saturated rings. The predicted octanol–water partition coefficient (Wildman–Crippen LogP) is 2.73. The van der Waals surface area contributed by atoms with Crippen LogP contribution in [-0.4, -0.2) is 16.1 Å². The van der Waals surface area contributed by atoms with E-state index in [2.05, 4.69) is 10.3 Å². The van der Waals surface area contributed by atoms with Crippen molar-refractivity contribution in [3.8, 4) is 0 Å². The average molecular weight is 265 g/mol. The molecule has 2 aromatic rings. The Morgan fingerprint density at radius 3 is 2.58 bits per heavy atom. The van der Waals surface area contributed by atoms with Gasteiger partial charge in [0, 0.05) is 31.5 Å². The van der Waals surface area contributed by atoms with Crippen LogP contribution >= 0.6 is 0 Å². The molecule has 3 nitrogen and oxygen atoms in total. The van der Waals surface area contributed by atoms with E-state index in [0.717, 1.165) is 32.0 Å². The van der Waals surface area contributed by atoms with Crippen molar-refractivity contribution >= 4 is 0 Å². The summed E-state index contributed by atoms with van der Waals surface area (Å²) in [5.41, 5.74) is 0.632. The average Bonchev–Trinajstić information content (AvgIpc) is 2.85. The Morgan fingerprint density at radius 1 is 1.11 bits per heavy atom. The summed E-state index contributed by atoms with van der Waals surface area (Å²) in [7, 11) is 0. The molecule has 1 N–H and O–H groups in total. The van der Waals surface area contributed by atoms with E-state index in [1.807, 2.05) is 10.8 Å². The molecular formula is C14H17F2N3. The highest BCUT2D eigenvalue weighted by molar-refractivity contribution is 5.17. The summed E-state index contributed by atoms with van der Waals surface area (Å²) in [5, 5.41) is 3.18. The fourth-order valence-electron chi connectivity index (χ4n) is 1.91. The highest BCUT2D eigenvalue weighted by Gasteiger charge is 2.00. The maximum absolute atomic E-state index is 12.9. The normalized spacial score (nSPS) is 10.8. The lowest BCUT2D eigenvalue weighted by Crippen LogP contribution is -2.15. The van der Waals surface area contributed by atoms with E-state index in [0.29, 0.717) is 12.1 Å². The maximum atomic E-state index is 12.9. The molecule has 102 valence electrons. The smallest absolute Gasteiger partial charge is 0.126 e. The molecule has 5 heteroatoms. The first-order valence-electron chi connectivity index (χ1n) is 6.35. The van der Waals surface area contributed by atoms with Gasteiger partial charge < -0.3 is 9.88 Å². The van der Waals surface area contributed by atoms with Gasteiger partial charge in [-0.3, -0.25) is 0 Å². The number of benzene rings is 1. The van der Waals surface area contributed by atoms with Crippen molar-refractivity contribution < 1.29 is 8.78 Å². The van der Waals surface area contributed by atoms with Crippen LogP contribution in [0.15, 0.2) is 36.9 Å². The SMILES string of the molecule is Fc1cc(F)cc(CNCCCCn2ccnc2)c1. The third-order valence-electron chi connectivity index (χ3n) is 2.83. The molecule has 1 aromatic carbocycles. The molecule has 0 aliphatic heterocycles. The van der Waals surface area contributed by atoms with Gasteiger partial charge in [0.15, 0.2) is 0 Å². The number of hydrogen-bond donors (Lipinski definition) is 1. The molecule has 0 saturated heterocycles. The molecule has 1 heterocycles. The van der Waals surface area contributed by atoms with Crippen LogP contribution in [0.2, 0.25) is 0 Å². The van der Waals surface area contributed by atoms with Crippen LogP contribution in [0.4, 0.5) is 8.78 Å². The number of rotatable bonds is 7. The van der Waals surface area contributed by atoms with Crippen LogP contribution in [0, 0.1) is 11.6 Å². The van der Waals surface area contributed by atoms with E-state index in [1.165, 1.54) is 12.1 Å². The summed E-state index contributed by atoms with van der Waals surface area (Å²) < 4.78 is 27.9. The first-order chi connectivity index (χ1) is 9.24. The van der Waals surface area contributed by atoms with Gasteiger partial charge in [0.05, 0.1) is 6.33 Å². The summed E-state index contributed by atoms with van der Waals surface area (Å²) in [4.78, 5) is 3.97. The van der Waals surface area contributed by atoms with E-state index in [1.54, 1.807) is 12.5 Å². The quantitative estimate of drug-likeness (QED) is 0.780. The van der Waals surface area contributed by atoms with E-state index in [-0.39, 0.29) is 0 Å². The number of aryl methyl sites for hydroxylation is 1. The zero-order valence-corrected chi connectivity index (χ0v) is 10.6. The fourth-order valence-corrected chi connectivity index (χ4v) is 1.91. The topological polar surface area (TPSA) is 29.9 Å². The first kappa shape index (κ1) is 13.7. The van der Waals surface area contributed by atoms with E-state index < -0.39 is 11.6 Å². The van der Waals surface area contributed by atoms with Crippen molar-refractivity contribution in [1.82, 2.24) is 14.9 Å². The lowest BCUT2D eigenvalue weighted by molar-refractivity contribution is 0.558. The summed E-state index contributed by atoms with van der Waals surface area (Å²) in [6.45, 7) is 2.25. The van der Waals surface area contributed by atoms with Crippen molar-refractivity contribution in [2.75, 3.05) is 6.54 Å². The van der Waals surface area contributed by atoms with Gasteiger partial charge in [-0.2, -0.15) is 0 Å². The third-order valence-corrected chi connectivity index (χ3v) is 2.83. The molecule has 0 spiro atoms. The van der Waals surface area contributed by atoms with E-state index in [4.69, 9.17) is 0 Å². The van der Waals surface area contributed by atoms with Gasteiger partial charge in [0.25, 0.3) is 0 Å². The minimum absolute atomic E-state index is 0.486. The number of nitrogens with one attached hydrogen (secondary N) is 1. The van der Waals surface area contributed by atoms with Crippen molar-refractivity contribution in [3.63, 3.8) is 0 Å². The monoisotopic (exact) mass is 265 g/mol. The molecule has 2 rings (SSSR count). The minimum atomic E-state index is -0.531. The van der Waals surface area contributed by atoms with Crippen LogP contribution in [0.1, 0.15) is 18.4 Å². The Bertz CT molecular complexity index is 477. The standard InChI is InChI=1S/C14H17F2N3/c15-13-7-12(8-14(16)9-13)10-17-3-1-2-5-19-6-4-18-11-19/h4,6-9,11,17H,1-3,5,10H2. The fraction of sp³-hybridized carbons (Fsp3) is 0.357. The second-order valence-corrected chi connectivity index (χ2v) is 4.46. The Hall–Kier alpha value is -1.75. The van der Waals surface area contributed by atoms with Gasteiger partial charge >= 0.3 is 0 Å². The first-order valence-corrected chi connectivity index (χ1v) is 6.35. The molecule has 0 aliphatic carbocycles. The maximum Gasteiger partial charge on any atom is 0.126 e. The van der Waals surface area contributed by atoms with Crippen molar-refractivity contribution in [3.05, 3.63) is 54.1 Å². The van der Waals surface area contributed by atoms with Crippen LogP contribution in [0.25, 0.3) is 0 Å². The van der Waals surface area contributed by atoms with Crippen LogP contribution in [0.5, 0.6) is 0 Å². The van der Waals surface area contributed by atoms with Crippen molar-refractivity contribution in [2.45, 2.75) is 25.9 Å². The molecule has 1 aromatic heterocycles. The molecular weight excluding hydrogens is 248 g/mol. The predicted molar refractivity (Wildman–Crippen MR) is 69.5 cm³/mol. The molecule has 0 radical (unpaired) electrons. The number of unbranched alkanes of at least 4 members (excludes halogenated alkanes) is 1. The van der Waals surface area contributed by atoms with Gasteiger partial charge in [-0.05, 0) is 37.1 Å². The molecule has 0 amide bonds. The Kier molecular flexibility index (Phi) is 5.03. The third kappa shape index (κ3) is 4.79. The second-order valence-electron chi connectivity index (χ2n) is 4.46. The van der Waals surface area contributed by atoms with Gasteiger partial charge in [0.2, 0.25) is 0 Å². The molecule has 0 saturated carbocycles. The lowest BCUT2D eigenvalue weighted by Gasteiger charge is -2.06. The summed E-state index contributed by atoms with van der Waals surface area (Å²) >= 11 is 0. The van der Waals surface area contributed by atoms with Crippen molar-refractivity contribution in [1.29, 1.82) is 0 Å². The minimum Gasteiger partial charge on any atom is -0.337 e. The molecule has 0 atom stereocenters. The highest BCUT2D eigenvalue weighted by atomic mass is 19.1. The highest BCUT2D eigenvalue weighted by Crippen LogP contribution is 2.07. The lowest BCUT2D eigenvalue weighted by atomic mass is 10.2. The Balaban J connectivity index is 1.61. The van der Waals surface area contributed by atoms with E-state index in [9.17, 15) is 8.78 Å². The summed E-state index contributed by atoms with van der Waals surface area (Å²) in [5.74, 6) is -1.06. The zero-order valence-electron chi connectivity index (χ0n) is 10.6. The van der Waals surface area contributed by atoms with Gasteiger partial charge in [-0.1, -0.05) is 0 Å². The van der Waals surface area contributed by atoms with Gasteiger partial charge in [0.1, 0.15) is 11.6 Å². The molecule has 0 aliphatic rings. The summed E-state index contributed by atoms with van der Waals surface area (Å²) in [6, 6.07) is 3.58. The van der Waals surface area contributed by atoms with Crippen LogP contribution < -0.4 is 5.32 Å². The molecule has 0 unspecified atom stereocenters. The van der Waals surface area contributed by atoms with Crippen LogP contribution in [0.3, 0.4) is 0 Å². The molecule has 19 heavy (non-hydrogen) atoms.